The molecule has 7 heteroatoms. The molecule has 0 amide bonds. The van der Waals surface area contributed by atoms with E-state index in [2.05, 4.69) is 5.10 Å². The summed E-state index contributed by atoms with van der Waals surface area (Å²) in [5.41, 5.74) is 2.12. The maximum Gasteiger partial charge on any atom is 0.333 e. The fraction of sp³-hybridized carbons (Fsp3) is 0.364. The Hall–Kier alpha value is -2.83. The van der Waals surface area contributed by atoms with Crippen LogP contribution in [-0.4, -0.2) is 22.9 Å². The van der Waals surface area contributed by atoms with E-state index in [1.807, 2.05) is 18.2 Å². The zero-order chi connectivity index (χ0) is 21.0. The van der Waals surface area contributed by atoms with Crippen LogP contribution in [0.4, 0.5) is 13.2 Å². The number of benzene rings is 2. The van der Waals surface area contributed by atoms with Crippen molar-refractivity contribution in [3.8, 4) is 0 Å². The summed E-state index contributed by atoms with van der Waals surface area (Å²) in [6.45, 7) is -0.904. The molecule has 1 aliphatic carbocycles. The predicted octanol–water partition coefficient (Wildman–Crippen LogP) is 5.62. The minimum atomic E-state index is -2.65. The lowest BCUT2D eigenvalue weighted by molar-refractivity contribution is -0.145. The van der Waals surface area contributed by atoms with Crippen LogP contribution < -0.4 is 0 Å². The maximum absolute atomic E-state index is 12.9. The first-order valence-corrected chi connectivity index (χ1v) is 9.45. The van der Waals surface area contributed by atoms with E-state index >= 15 is 0 Å². The summed E-state index contributed by atoms with van der Waals surface area (Å²) >= 11 is 0. The minimum absolute atomic E-state index is 0.0873. The summed E-state index contributed by atoms with van der Waals surface area (Å²) < 4.78 is 43.6. The van der Waals surface area contributed by atoms with Gasteiger partial charge in [-0.05, 0) is 55.4 Å². The molecule has 2 atom stereocenters. The van der Waals surface area contributed by atoms with Gasteiger partial charge in [-0.1, -0.05) is 30.3 Å². The number of aryl methyl sites for hydroxylation is 1. The van der Waals surface area contributed by atoms with Crippen molar-refractivity contribution in [1.82, 2.24) is 9.78 Å². The standard InChI is InChI=1S/C15H16F2N2O2.C7H7F/c1-21-14(20)11-4-2-9(6-11)10-3-5-12-8-18-19(15(16)17)13(12)7-10;1-6-4-2-3-5-7(6)8/h3,5,7-9,11,15H,2,4,6H2,1H3;2-5H,1H3. The molecule has 0 aliphatic heterocycles. The van der Waals surface area contributed by atoms with Gasteiger partial charge in [0, 0.05) is 5.39 Å². The topological polar surface area (TPSA) is 44.1 Å². The number of hydrogen-bond acceptors (Lipinski definition) is 3. The first kappa shape index (κ1) is 20.9. The molecule has 1 saturated carbocycles. The number of fused-ring (bicyclic) bond motifs is 1. The lowest BCUT2D eigenvalue weighted by atomic mass is 9.95. The molecule has 1 aromatic heterocycles. The first-order valence-electron chi connectivity index (χ1n) is 9.45. The van der Waals surface area contributed by atoms with Crippen molar-refractivity contribution >= 4 is 16.9 Å². The van der Waals surface area contributed by atoms with Crippen LogP contribution in [0.25, 0.3) is 10.9 Å². The highest BCUT2D eigenvalue weighted by Gasteiger charge is 2.31. The average Bonchev–Trinajstić information content (AvgIpc) is 3.37. The van der Waals surface area contributed by atoms with Crippen molar-refractivity contribution in [3.05, 3.63) is 65.6 Å². The first-order chi connectivity index (χ1) is 13.9. The Morgan fingerprint density at radius 1 is 1.21 bits per heavy atom. The SMILES string of the molecule is COC(=O)C1CCC(c2ccc3cnn(C(F)F)c3c2)C1.Cc1ccccc1F. The number of carbonyl (C=O) groups excluding carboxylic acids is 1. The van der Waals surface area contributed by atoms with Crippen molar-refractivity contribution in [2.75, 3.05) is 7.11 Å². The molecule has 29 heavy (non-hydrogen) atoms. The fourth-order valence-electron chi connectivity index (χ4n) is 3.68. The Kier molecular flexibility index (Phi) is 6.56. The van der Waals surface area contributed by atoms with Crippen molar-refractivity contribution in [1.29, 1.82) is 0 Å². The monoisotopic (exact) mass is 404 g/mol. The van der Waals surface area contributed by atoms with Crippen LogP contribution in [0.2, 0.25) is 0 Å². The van der Waals surface area contributed by atoms with E-state index in [0.29, 0.717) is 22.9 Å². The molecule has 4 nitrogen and oxygen atoms in total. The Bertz CT molecular complexity index is 966. The van der Waals surface area contributed by atoms with Gasteiger partial charge in [0.1, 0.15) is 5.82 Å². The Morgan fingerprint density at radius 2 is 1.97 bits per heavy atom. The van der Waals surface area contributed by atoms with Gasteiger partial charge in [0.05, 0.1) is 24.7 Å². The van der Waals surface area contributed by atoms with Gasteiger partial charge in [0.25, 0.3) is 0 Å². The van der Waals surface area contributed by atoms with Crippen molar-refractivity contribution < 1.29 is 22.7 Å². The number of esters is 1. The van der Waals surface area contributed by atoms with Gasteiger partial charge in [0.15, 0.2) is 0 Å². The number of ether oxygens (including phenoxy) is 1. The van der Waals surface area contributed by atoms with Crippen LogP contribution in [-0.2, 0) is 9.53 Å². The van der Waals surface area contributed by atoms with Crippen molar-refractivity contribution in [2.24, 2.45) is 5.92 Å². The van der Waals surface area contributed by atoms with Gasteiger partial charge in [-0.2, -0.15) is 13.9 Å². The molecule has 1 heterocycles. The highest BCUT2D eigenvalue weighted by atomic mass is 19.3. The third kappa shape index (κ3) is 4.78. The number of nitrogens with zero attached hydrogens (tertiary/aromatic N) is 2. The fourth-order valence-corrected chi connectivity index (χ4v) is 3.68. The number of carbonyl (C=O) groups is 1. The Balaban J connectivity index is 0.000000252. The molecule has 1 fully saturated rings. The molecule has 4 rings (SSSR count). The minimum Gasteiger partial charge on any atom is -0.469 e. The van der Waals surface area contributed by atoms with Crippen LogP contribution in [0.5, 0.6) is 0 Å². The van der Waals surface area contributed by atoms with Crippen LogP contribution >= 0.6 is 0 Å². The third-order valence-corrected chi connectivity index (χ3v) is 5.32. The normalized spacial score (nSPS) is 18.6. The van der Waals surface area contributed by atoms with Gasteiger partial charge in [-0.3, -0.25) is 4.79 Å². The van der Waals surface area contributed by atoms with E-state index in [-0.39, 0.29) is 23.6 Å². The number of rotatable bonds is 3. The lowest BCUT2D eigenvalue weighted by Gasteiger charge is -2.11. The van der Waals surface area contributed by atoms with E-state index in [0.717, 1.165) is 23.1 Å². The van der Waals surface area contributed by atoms with Crippen LogP contribution in [0, 0.1) is 18.7 Å². The largest absolute Gasteiger partial charge is 0.469 e. The Morgan fingerprint density at radius 3 is 2.59 bits per heavy atom. The zero-order valence-corrected chi connectivity index (χ0v) is 16.3. The molecular weight excluding hydrogens is 381 g/mol. The lowest BCUT2D eigenvalue weighted by Crippen LogP contribution is -2.12. The molecule has 154 valence electrons. The van der Waals surface area contributed by atoms with Gasteiger partial charge in [0.2, 0.25) is 0 Å². The van der Waals surface area contributed by atoms with E-state index < -0.39 is 6.55 Å². The molecule has 0 spiro atoms. The van der Waals surface area contributed by atoms with Gasteiger partial charge in [-0.25, -0.2) is 9.07 Å². The van der Waals surface area contributed by atoms with E-state index in [4.69, 9.17) is 4.74 Å². The molecule has 0 radical (unpaired) electrons. The van der Waals surface area contributed by atoms with E-state index in [1.54, 1.807) is 25.1 Å². The molecular formula is C22H23F3N2O2. The third-order valence-electron chi connectivity index (χ3n) is 5.32. The average molecular weight is 404 g/mol. The molecule has 0 N–H and O–H groups in total. The predicted molar refractivity (Wildman–Crippen MR) is 104 cm³/mol. The maximum atomic E-state index is 12.9. The molecule has 1 aliphatic rings. The van der Waals surface area contributed by atoms with E-state index in [1.165, 1.54) is 19.4 Å². The summed E-state index contributed by atoms with van der Waals surface area (Å²) in [7, 11) is 1.39. The second-order valence-electron chi connectivity index (χ2n) is 7.16. The Labute approximate surface area is 167 Å². The molecule has 2 unspecified atom stereocenters. The van der Waals surface area contributed by atoms with E-state index in [9.17, 15) is 18.0 Å². The summed E-state index contributed by atoms with van der Waals surface area (Å²) in [6.07, 6.45) is 3.80. The molecule has 2 aromatic carbocycles. The number of aromatic nitrogens is 2. The second-order valence-corrected chi connectivity index (χ2v) is 7.16. The number of hydrogen-bond donors (Lipinski definition) is 0. The summed E-state index contributed by atoms with van der Waals surface area (Å²) in [6, 6.07) is 12.2. The van der Waals surface area contributed by atoms with Crippen molar-refractivity contribution in [3.63, 3.8) is 0 Å². The van der Waals surface area contributed by atoms with Gasteiger partial charge < -0.3 is 4.74 Å². The summed E-state index contributed by atoms with van der Waals surface area (Å²) in [5, 5.41) is 4.41. The smallest absolute Gasteiger partial charge is 0.333 e. The number of halogens is 3. The van der Waals surface area contributed by atoms with Crippen LogP contribution in [0.3, 0.4) is 0 Å². The van der Waals surface area contributed by atoms with Crippen LogP contribution in [0.1, 0.15) is 42.9 Å². The molecule has 0 bridgehead atoms. The second kappa shape index (κ2) is 9.11. The quantitative estimate of drug-likeness (QED) is 0.532. The number of alkyl halides is 2. The molecule has 3 aromatic rings. The van der Waals surface area contributed by atoms with Crippen molar-refractivity contribution in [2.45, 2.75) is 38.7 Å². The zero-order valence-electron chi connectivity index (χ0n) is 16.3. The highest BCUT2D eigenvalue weighted by molar-refractivity contribution is 5.79. The summed E-state index contributed by atoms with van der Waals surface area (Å²) in [4.78, 5) is 11.6. The van der Waals surface area contributed by atoms with Gasteiger partial charge >= 0.3 is 12.5 Å². The van der Waals surface area contributed by atoms with Gasteiger partial charge in [-0.15, -0.1) is 0 Å². The number of methoxy groups -OCH3 is 1. The van der Waals surface area contributed by atoms with Crippen LogP contribution in [0.15, 0.2) is 48.7 Å². The highest BCUT2D eigenvalue weighted by Crippen LogP contribution is 2.39. The summed E-state index contributed by atoms with van der Waals surface area (Å²) in [5.74, 6) is -0.195. The molecule has 0 saturated heterocycles.